The zero-order valence-electron chi connectivity index (χ0n) is 23.0. The van der Waals surface area contributed by atoms with Crippen LogP contribution in [0.15, 0.2) is 83.3 Å². The molecule has 1 N–H and O–H groups in total. The van der Waals surface area contributed by atoms with E-state index in [1.807, 2.05) is 30.3 Å². The van der Waals surface area contributed by atoms with Crippen molar-refractivity contribution in [3.05, 3.63) is 100 Å². The Morgan fingerprint density at radius 3 is 2.24 bits per heavy atom. The number of carbonyl (C=O) groups is 2. The number of anilines is 1. The number of sulfonamides is 1. The number of nitrogens with zero attached hydrogens (tertiary/aromatic N) is 2. The monoisotopic (exact) mass is 643 g/mol. The Morgan fingerprint density at radius 2 is 1.59 bits per heavy atom. The van der Waals surface area contributed by atoms with Gasteiger partial charge in [0.1, 0.15) is 18.4 Å². The fraction of sp³-hybridized carbons (Fsp3) is 0.355. The number of hydrogen-bond acceptors (Lipinski definition) is 4. The van der Waals surface area contributed by atoms with E-state index < -0.39 is 34.3 Å². The first kappa shape index (κ1) is 30.7. The molecule has 0 heterocycles. The summed E-state index contributed by atoms with van der Waals surface area (Å²) in [5.74, 6) is -1.46. The molecule has 218 valence electrons. The van der Waals surface area contributed by atoms with E-state index in [1.54, 1.807) is 42.5 Å². The molecule has 1 aliphatic rings. The lowest BCUT2D eigenvalue weighted by atomic mass is 9.94. The average Bonchev–Trinajstić information content (AvgIpc) is 2.95. The van der Waals surface area contributed by atoms with Gasteiger partial charge in [0.2, 0.25) is 21.8 Å². The lowest BCUT2D eigenvalue weighted by molar-refractivity contribution is -0.140. The Balaban J connectivity index is 1.74. The minimum atomic E-state index is -3.90. The molecule has 1 saturated carbocycles. The summed E-state index contributed by atoms with van der Waals surface area (Å²) in [5.41, 5.74) is 1.35. The van der Waals surface area contributed by atoms with Crippen molar-refractivity contribution in [2.24, 2.45) is 0 Å². The summed E-state index contributed by atoms with van der Waals surface area (Å²) >= 11 is 3.39. The first-order valence-corrected chi connectivity index (χ1v) is 16.4. The highest BCUT2D eigenvalue weighted by molar-refractivity contribution is 9.10. The smallest absolute Gasteiger partial charge is 0.244 e. The van der Waals surface area contributed by atoms with Crippen molar-refractivity contribution in [2.45, 2.75) is 57.2 Å². The van der Waals surface area contributed by atoms with Crippen LogP contribution in [0.3, 0.4) is 0 Å². The van der Waals surface area contributed by atoms with Crippen LogP contribution in [0.2, 0.25) is 0 Å². The Labute approximate surface area is 249 Å². The number of nitrogens with one attached hydrogen (secondary N) is 1. The summed E-state index contributed by atoms with van der Waals surface area (Å²) in [6, 6.07) is 21.1. The van der Waals surface area contributed by atoms with Gasteiger partial charge in [-0.1, -0.05) is 79.9 Å². The first-order valence-electron chi connectivity index (χ1n) is 13.7. The van der Waals surface area contributed by atoms with Crippen LogP contribution in [0, 0.1) is 5.82 Å². The molecule has 0 aromatic heterocycles. The number of benzene rings is 3. The number of rotatable bonds is 11. The zero-order chi connectivity index (χ0) is 29.4. The Kier molecular flexibility index (Phi) is 10.6. The van der Waals surface area contributed by atoms with Crippen LogP contribution < -0.4 is 9.62 Å². The molecule has 1 aliphatic carbocycles. The van der Waals surface area contributed by atoms with E-state index >= 15 is 0 Å². The quantitative estimate of drug-likeness (QED) is 0.301. The molecule has 1 unspecified atom stereocenters. The minimum Gasteiger partial charge on any atom is -0.352 e. The molecule has 10 heteroatoms. The van der Waals surface area contributed by atoms with E-state index in [9.17, 15) is 22.4 Å². The molecular weight excluding hydrogens is 609 g/mol. The lowest BCUT2D eigenvalue weighted by Gasteiger charge is -2.35. The van der Waals surface area contributed by atoms with Crippen molar-refractivity contribution >= 4 is 43.5 Å². The maximum absolute atomic E-state index is 14.9. The van der Waals surface area contributed by atoms with Gasteiger partial charge in [-0.2, -0.15) is 0 Å². The molecule has 0 bridgehead atoms. The second kappa shape index (κ2) is 14.1. The summed E-state index contributed by atoms with van der Waals surface area (Å²) < 4.78 is 42.2. The fourth-order valence-electron chi connectivity index (χ4n) is 5.16. The third kappa shape index (κ3) is 8.39. The third-order valence-electron chi connectivity index (χ3n) is 7.32. The topological polar surface area (TPSA) is 86.8 Å². The van der Waals surface area contributed by atoms with Gasteiger partial charge in [-0.15, -0.1) is 0 Å². The van der Waals surface area contributed by atoms with E-state index in [4.69, 9.17) is 0 Å². The summed E-state index contributed by atoms with van der Waals surface area (Å²) in [7, 11) is -3.90. The second-order valence-electron chi connectivity index (χ2n) is 10.4. The van der Waals surface area contributed by atoms with Crippen LogP contribution in [0.1, 0.15) is 43.2 Å². The summed E-state index contributed by atoms with van der Waals surface area (Å²) in [5, 5.41) is 3.13. The highest BCUT2D eigenvalue weighted by atomic mass is 79.9. The number of para-hydroxylation sites is 1. The molecule has 0 saturated heterocycles. The molecule has 7 nitrogen and oxygen atoms in total. The van der Waals surface area contributed by atoms with Crippen LogP contribution in [0.25, 0.3) is 0 Å². The molecule has 41 heavy (non-hydrogen) atoms. The van der Waals surface area contributed by atoms with Crippen LogP contribution in [0.4, 0.5) is 10.1 Å². The number of hydrogen-bond donors (Lipinski definition) is 1. The van der Waals surface area contributed by atoms with Crippen molar-refractivity contribution in [3.8, 4) is 0 Å². The normalized spacial score (nSPS) is 14.7. The van der Waals surface area contributed by atoms with Gasteiger partial charge in [0.05, 0.1) is 11.9 Å². The van der Waals surface area contributed by atoms with Gasteiger partial charge in [0.15, 0.2) is 0 Å². The third-order valence-corrected chi connectivity index (χ3v) is 9.12. The van der Waals surface area contributed by atoms with Crippen LogP contribution >= 0.6 is 15.9 Å². The average molecular weight is 645 g/mol. The fourth-order valence-corrected chi connectivity index (χ4v) is 6.63. The van der Waals surface area contributed by atoms with Crippen LogP contribution in [-0.2, 0) is 32.6 Å². The van der Waals surface area contributed by atoms with Gasteiger partial charge in [0, 0.05) is 29.0 Å². The molecule has 2 amide bonds. The molecule has 0 spiro atoms. The highest BCUT2D eigenvalue weighted by Crippen LogP contribution is 2.28. The molecule has 1 fully saturated rings. The standard InChI is InChI=1S/C31H35BrFN3O4S/c1-41(39,40)36(28-19-11-9-17-26(28)32)22-30(37)35(21-24-14-8-10-18-27(24)33)29(20-23-12-4-2-5-13-23)31(38)34-25-15-6-3-7-16-25/h2,4-5,8-14,17-19,25,29H,3,6-7,15-16,20-22H2,1H3,(H,34,38). The molecule has 1 atom stereocenters. The van der Waals surface area contributed by atoms with E-state index in [-0.39, 0.29) is 30.5 Å². The van der Waals surface area contributed by atoms with Crippen LogP contribution in [0.5, 0.6) is 0 Å². The van der Waals surface area contributed by atoms with Gasteiger partial charge < -0.3 is 10.2 Å². The summed E-state index contributed by atoms with van der Waals surface area (Å²) in [6.45, 7) is -0.757. The molecule has 3 aromatic carbocycles. The van der Waals surface area contributed by atoms with Crippen molar-refractivity contribution in [1.82, 2.24) is 10.2 Å². The van der Waals surface area contributed by atoms with E-state index in [0.29, 0.717) is 10.2 Å². The Morgan fingerprint density at radius 1 is 0.951 bits per heavy atom. The van der Waals surface area contributed by atoms with Crippen LogP contribution in [-0.4, -0.2) is 50.0 Å². The molecule has 4 rings (SSSR count). The summed E-state index contributed by atoms with van der Waals surface area (Å²) in [4.78, 5) is 29.4. The maximum atomic E-state index is 14.9. The van der Waals surface area contributed by atoms with Crippen molar-refractivity contribution in [3.63, 3.8) is 0 Å². The largest absolute Gasteiger partial charge is 0.352 e. The van der Waals surface area contributed by atoms with Gasteiger partial charge in [0.25, 0.3) is 0 Å². The molecule has 3 aromatic rings. The zero-order valence-corrected chi connectivity index (χ0v) is 25.4. The van der Waals surface area contributed by atoms with Gasteiger partial charge in [-0.05, 0) is 52.5 Å². The predicted octanol–water partition coefficient (Wildman–Crippen LogP) is 5.44. The SMILES string of the molecule is CS(=O)(=O)N(CC(=O)N(Cc1ccccc1F)C(Cc1ccccc1)C(=O)NC1CCCCC1)c1ccccc1Br. The predicted molar refractivity (Wildman–Crippen MR) is 162 cm³/mol. The Bertz CT molecular complexity index is 1450. The molecular formula is C31H35BrFN3O4S. The number of halogens is 2. The molecule has 0 aliphatic heterocycles. The van der Waals surface area contributed by atoms with Gasteiger partial charge >= 0.3 is 0 Å². The number of carbonyl (C=O) groups excluding carboxylic acids is 2. The minimum absolute atomic E-state index is 0.00673. The number of amides is 2. The maximum Gasteiger partial charge on any atom is 0.244 e. The summed E-state index contributed by atoms with van der Waals surface area (Å²) in [6.07, 6.45) is 6.08. The van der Waals surface area contributed by atoms with Crippen molar-refractivity contribution in [2.75, 3.05) is 17.1 Å². The Hall–Kier alpha value is -3.24. The van der Waals surface area contributed by atoms with E-state index in [1.165, 1.54) is 11.0 Å². The second-order valence-corrected chi connectivity index (χ2v) is 13.1. The van der Waals surface area contributed by atoms with Crippen molar-refractivity contribution < 1.29 is 22.4 Å². The van der Waals surface area contributed by atoms with Gasteiger partial charge in [-0.3, -0.25) is 13.9 Å². The van der Waals surface area contributed by atoms with E-state index in [2.05, 4.69) is 21.2 Å². The van der Waals surface area contributed by atoms with E-state index in [0.717, 1.165) is 48.2 Å². The van der Waals surface area contributed by atoms with Crippen molar-refractivity contribution in [1.29, 1.82) is 0 Å². The highest BCUT2D eigenvalue weighted by Gasteiger charge is 2.34. The first-order chi connectivity index (χ1) is 19.6. The molecule has 0 radical (unpaired) electrons. The lowest BCUT2D eigenvalue weighted by Crippen LogP contribution is -2.55. The van der Waals surface area contributed by atoms with Gasteiger partial charge in [-0.25, -0.2) is 12.8 Å².